The molecule has 0 atom stereocenters. The van der Waals surface area contributed by atoms with Gasteiger partial charge in [-0.15, -0.1) is 0 Å². The predicted molar refractivity (Wildman–Crippen MR) is 89.5 cm³/mol. The van der Waals surface area contributed by atoms with Crippen LogP contribution in [0.2, 0.25) is 0 Å². The van der Waals surface area contributed by atoms with Crippen LogP contribution in [0.15, 0.2) is 53.7 Å². The van der Waals surface area contributed by atoms with E-state index in [4.69, 9.17) is 15.0 Å². The average Bonchev–Trinajstić information content (AvgIpc) is 2.56. The largest absolute Gasteiger partial charge is 0.457 e. The summed E-state index contributed by atoms with van der Waals surface area (Å²) in [4.78, 5) is 5.00. The minimum Gasteiger partial charge on any atom is -0.457 e. The van der Waals surface area contributed by atoms with E-state index >= 15 is 0 Å². The van der Waals surface area contributed by atoms with Gasteiger partial charge in [-0.2, -0.15) is 13.2 Å². The molecule has 25 heavy (non-hydrogen) atoms. The highest BCUT2D eigenvalue weighted by Gasteiger charge is 2.30. The fraction of sp³-hybridized carbons (Fsp3) is 0.222. The minimum absolute atomic E-state index is 0.254. The normalized spacial score (nSPS) is 12.0. The zero-order chi connectivity index (χ0) is 18.4. The van der Waals surface area contributed by atoms with Gasteiger partial charge in [0.1, 0.15) is 23.8 Å². The van der Waals surface area contributed by atoms with Crippen LogP contribution in [0.3, 0.4) is 0 Å². The van der Waals surface area contributed by atoms with Gasteiger partial charge in [0.2, 0.25) is 0 Å². The standard InChI is InChI=1S/C18H17F3N2O2/c1-3-24-23-17(12(2)22)13-4-8-15(9-5-13)25-16-10-6-14(7-11-16)18(19,20)21/h4-11,22H,3H2,1-2H3. The highest BCUT2D eigenvalue weighted by atomic mass is 19.4. The molecule has 0 unspecified atom stereocenters. The summed E-state index contributed by atoms with van der Waals surface area (Å²) in [6, 6.07) is 11.2. The third-order valence-corrected chi connectivity index (χ3v) is 3.19. The first-order valence-electron chi connectivity index (χ1n) is 7.52. The predicted octanol–water partition coefficient (Wildman–Crippen LogP) is 5.28. The van der Waals surface area contributed by atoms with Crippen molar-refractivity contribution in [3.63, 3.8) is 0 Å². The maximum Gasteiger partial charge on any atom is 0.416 e. The van der Waals surface area contributed by atoms with E-state index in [1.807, 2.05) is 0 Å². The second-order valence-electron chi connectivity index (χ2n) is 5.13. The number of alkyl halides is 3. The van der Waals surface area contributed by atoms with Crippen molar-refractivity contribution in [1.29, 1.82) is 5.41 Å². The van der Waals surface area contributed by atoms with Crippen LogP contribution in [-0.4, -0.2) is 18.0 Å². The van der Waals surface area contributed by atoms with E-state index in [9.17, 15) is 13.2 Å². The highest BCUT2D eigenvalue weighted by molar-refractivity contribution is 6.46. The highest BCUT2D eigenvalue weighted by Crippen LogP contribution is 2.31. The molecule has 2 rings (SSSR count). The smallest absolute Gasteiger partial charge is 0.416 e. The molecule has 0 radical (unpaired) electrons. The zero-order valence-corrected chi connectivity index (χ0v) is 13.7. The molecule has 0 saturated carbocycles. The number of hydrogen-bond donors (Lipinski definition) is 1. The van der Waals surface area contributed by atoms with Crippen molar-refractivity contribution >= 4 is 11.4 Å². The summed E-state index contributed by atoms with van der Waals surface area (Å²) in [7, 11) is 0. The third kappa shape index (κ3) is 5.07. The van der Waals surface area contributed by atoms with Crippen LogP contribution in [0.1, 0.15) is 25.0 Å². The average molecular weight is 350 g/mol. The molecule has 0 fully saturated rings. The third-order valence-electron chi connectivity index (χ3n) is 3.19. The molecular weight excluding hydrogens is 333 g/mol. The van der Waals surface area contributed by atoms with E-state index in [1.165, 1.54) is 12.1 Å². The molecule has 0 heterocycles. The molecule has 0 saturated heterocycles. The summed E-state index contributed by atoms with van der Waals surface area (Å²) >= 11 is 0. The van der Waals surface area contributed by atoms with Gasteiger partial charge in [0, 0.05) is 5.56 Å². The van der Waals surface area contributed by atoms with E-state index < -0.39 is 11.7 Å². The zero-order valence-electron chi connectivity index (χ0n) is 13.7. The van der Waals surface area contributed by atoms with Crippen LogP contribution in [0.25, 0.3) is 0 Å². The van der Waals surface area contributed by atoms with E-state index in [0.29, 0.717) is 29.4 Å². The van der Waals surface area contributed by atoms with Gasteiger partial charge in [-0.25, -0.2) is 0 Å². The van der Waals surface area contributed by atoms with Crippen molar-refractivity contribution in [3.8, 4) is 11.5 Å². The minimum atomic E-state index is -4.37. The first kappa shape index (κ1) is 18.5. The first-order chi connectivity index (χ1) is 11.8. The second kappa shape index (κ2) is 7.83. The summed E-state index contributed by atoms with van der Waals surface area (Å²) in [5, 5.41) is 11.6. The maximum atomic E-state index is 12.5. The maximum absolute atomic E-state index is 12.5. The van der Waals surface area contributed by atoms with Gasteiger partial charge in [0.25, 0.3) is 0 Å². The lowest BCUT2D eigenvalue weighted by Crippen LogP contribution is -2.11. The fourth-order valence-electron chi connectivity index (χ4n) is 2.00. The van der Waals surface area contributed by atoms with Gasteiger partial charge in [-0.05, 0) is 62.4 Å². The van der Waals surface area contributed by atoms with Crippen LogP contribution < -0.4 is 4.74 Å². The monoisotopic (exact) mass is 350 g/mol. The number of nitrogens with zero attached hydrogens (tertiary/aromatic N) is 1. The Balaban J connectivity index is 2.13. The molecule has 4 nitrogen and oxygen atoms in total. The lowest BCUT2D eigenvalue weighted by molar-refractivity contribution is -0.137. The number of oxime groups is 1. The van der Waals surface area contributed by atoms with Crippen LogP contribution in [0, 0.1) is 5.41 Å². The quantitative estimate of drug-likeness (QED) is 0.569. The van der Waals surface area contributed by atoms with Gasteiger partial charge >= 0.3 is 6.18 Å². The molecular formula is C18H17F3N2O2. The van der Waals surface area contributed by atoms with Gasteiger partial charge in [0.15, 0.2) is 0 Å². The van der Waals surface area contributed by atoms with E-state index in [-0.39, 0.29) is 5.71 Å². The number of nitrogens with one attached hydrogen (secondary N) is 1. The molecule has 132 valence electrons. The Morgan fingerprint density at radius 1 is 1.00 bits per heavy atom. The van der Waals surface area contributed by atoms with E-state index in [2.05, 4.69) is 5.16 Å². The lowest BCUT2D eigenvalue weighted by Gasteiger charge is -2.10. The second-order valence-corrected chi connectivity index (χ2v) is 5.13. The SMILES string of the molecule is CCON=C(C(C)=N)c1ccc(Oc2ccc(C(F)(F)F)cc2)cc1. The number of ether oxygens (including phenoxy) is 1. The Kier molecular flexibility index (Phi) is 5.80. The van der Waals surface area contributed by atoms with Gasteiger partial charge < -0.3 is 15.0 Å². The molecule has 0 aromatic heterocycles. The number of rotatable bonds is 6. The first-order valence-corrected chi connectivity index (χ1v) is 7.52. The molecule has 2 aromatic rings. The summed E-state index contributed by atoms with van der Waals surface area (Å²) < 4.78 is 43.2. The number of benzene rings is 2. The Hall–Kier alpha value is -2.83. The molecule has 0 bridgehead atoms. The van der Waals surface area contributed by atoms with Crippen LogP contribution in [-0.2, 0) is 11.0 Å². The molecule has 0 aliphatic carbocycles. The van der Waals surface area contributed by atoms with Crippen LogP contribution >= 0.6 is 0 Å². The summed E-state index contributed by atoms with van der Waals surface area (Å²) in [5.41, 5.74) is 0.613. The number of hydrogen-bond acceptors (Lipinski definition) is 4. The van der Waals surface area contributed by atoms with E-state index in [0.717, 1.165) is 12.1 Å². The Morgan fingerprint density at radius 2 is 1.52 bits per heavy atom. The van der Waals surface area contributed by atoms with Crippen molar-refractivity contribution in [3.05, 3.63) is 59.7 Å². The van der Waals surface area contributed by atoms with E-state index in [1.54, 1.807) is 38.1 Å². The van der Waals surface area contributed by atoms with Crippen molar-refractivity contribution in [2.75, 3.05) is 6.61 Å². The molecule has 0 aliphatic heterocycles. The topological polar surface area (TPSA) is 54.7 Å². The van der Waals surface area contributed by atoms with Gasteiger partial charge in [-0.3, -0.25) is 0 Å². The van der Waals surface area contributed by atoms with Crippen molar-refractivity contribution in [2.45, 2.75) is 20.0 Å². The Bertz CT molecular complexity index is 751. The van der Waals surface area contributed by atoms with Gasteiger partial charge in [0.05, 0.1) is 11.3 Å². The Morgan fingerprint density at radius 3 is 1.96 bits per heavy atom. The van der Waals surface area contributed by atoms with Crippen molar-refractivity contribution < 1.29 is 22.7 Å². The molecule has 0 aliphatic rings. The molecule has 7 heteroatoms. The van der Waals surface area contributed by atoms with Gasteiger partial charge in [-0.1, -0.05) is 5.16 Å². The number of halogens is 3. The van der Waals surface area contributed by atoms with Crippen molar-refractivity contribution in [2.24, 2.45) is 5.16 Å². The summed E-state index contributed by atoms with van der Waals surface area (Å²) in [5.74, 6) is 0.758. The molecule has 0 spiro atoms. The van der Waals surface area contributed by atoms with Crippen molar-refractivity contribution in [1.82, 2.24) is 0 Å². The van der Waals surface area contributed by atoms with Crippen LogP contribution in [0.5, 0.6) is 11.5 Å². The molecule has 1 N–H and O–H groups in total. The lowest BCUT2D eigenvalue weighted by atomic mass is 10.1. The molecule has 0 amide bonds. The van der Waals surface area contributed by atoms with Crippen LogP contribution in [0.4, 0.5) is 13.2 Å². The summed E-state index contributed by atoms with van der Waals surface area (Å²) in [6.45, 7) is 3.79. The fourth-order valence-corrected chi connectivity index (χ4v) is 2.00. The molecule has 2 aromatic carbocycles. The summed E-state index contributed by atoms with van der Waals surface area (Å²) in [6.07, 6.45) is -4.37. The Labute approximate surface area is 143 Å².